The molecule has 3 aromatic heterocycles. The van der Waals surface area contributed by atoms with Crippen LogP contribution in [0.3, 0.4) is 0 Å². The number of imidazole rings is 1. The van der Waals surface area contributed by atoms with Gasteiger partial charge in [0.15, 0.2) is 5.65 Å². The molecule has 3 aromatic carbocycles. The van der Waals surface area contributed by atoms with Gasteiger partial charge in [0.05, 0.1) is 37.6 Å². The smallest absolute Gasteiger partial charge is 0.246 e. The zero-order chi connectivity index (χ0) is 39.9. The Balaban J connectivity index is 0.000000134. The Kier molecular flexibility index (Phi) is 13.4. The molecule has 11 nitrogen and oxygen atoms in total. The highest BCUT2D eigenvalue weighted by molar-refractivity contribution is 9.11. The molecule has 3 atom stereocenters. The fourth-order valence-corrected chi connectivity index (χ4v) is 7.59. The first-order valence-corrected chi connectivity index (χ1v) is 20.0. The highest BCUT2D eigenvalue weighted by Crippen LogP contribution is 2.31. The molecule has 17 heteroatoms. The van der Waals surface area contributed by atoms with E-state index in [4.69, 9.17) is 14.2 Å². The maximum Gasteiger partial charge on any atom is 0.246 e. The van der Waals surface area contributed by atoms with Crippen LogP contribution >= 0.6 is 47.8 Å². The number of aliphatic imine (C=N–C) groups is 1. The standard InChI is InChI=1S/C15H12Br2FN3O.C15H11BrFN3O.C10H10FNO2/c16-13-5-4-11(15(17)21-13)19-14-8-22-7-12(20-14)9-2-1-3-10(18)6-9;16-13-5-4-11-15(19-13)20-12(7-21-8-14(20)18-11)9-2-1-3-10(17)6-9;11-8-3-1-2-7(4-8)9-5-14-6-10(13)12-9/h1-6,12H,7-8H2,(H,19,20);1-6,12H,7-8H2;1-4,9H,5-6H2,(H,12,13). The van der Waals surface area contributed by atoms with E-state index in [-0.39, 0.29) is 48.1 Å². The number of rotatable bonds is 4. The van der Waals surface area contributed by atoms with Crippen LogP contribution in [0.5, 0.6) is 0 Å². The van der Waals surface area contributed by atoms with Crippen molar-refractivity contribution in [3.63, 3.8) is 0 Å². The summed E-state index contributed by atoms with van der Waals surface area (Å²) in [5, 5.41) is 5.92. The highest BCUT2D eigenvalue weighted by Gasteiger charge is 2.27. The third-order valence-corrected chi connectivity index (χ3v) is 10.4. The van der Waals surface area contributed by atoms with Crippen molar-refractivity contribution >= 4 is 76.4 Å². The molecule has 3 aliphatic rings. The van der Waals surface area contributed by atoms with Crippen molar-refractivity contribution in [3.8, 4) is 0 Å². The number of fused-ring (bicyclic) bond motifs is 3. The summed E-state index contributed by atoms with van der Waals surface area (Å²) in [4.78, 5) is 28.9. The van der Waals surface area contributed by atoms with E-state index in [2.05, 4.69) is 78.4 Å². The van der Waals surface area contributed by atoms with E-state index in [1.807, 2.05) is 41.0 Å². The van der Waals surface area contributed by atoms with Crippen LogP contribution in [0, 0.1) is 17.5 Å². The second kappa shape index (κ2) is 18.8. The summed E-state index contributed by atoms with van der Waals surface area (Å²) in [7, 11) is 0. The lowest BCUT2D eigenvalue weighted by Crippen LogP contribution is -2.39. The average Bonchev–Trinajstić information content (AvgIpc) is 3.58. The number of aromatic nitrogens is 4. The lowest BCUT2D eigenvalue weighted by molar-refractivity contribution is -0.131. The van der Waals surface area contributed by atoms with Gasteiger partial charge in [-0.15, -0.1) is 0 Å². The van der Waals surface area contributed by atoms with Crippen molar-refractivity contribution in [2.75, 3.05) is 38.4 Å². The molecule has 6 aromatic rings. The molecule has 0 spiro atoms. The van der Waals surface area contributed by atoms with E-state index in [0.29, 0.717) is 43.5 Å². The van der Waals surface area contributed by atoms with E-state index in [0.717, 1.165) is 48.6 Å². The summed E-state index contributed by atoms with van der Waals surface area (Å²) in [5.74, 6) is 0.514. The van der Waals surface area contributed by atoms with Gasteiger partial charge in [0.25, 0.3) is 0 Å². The number of carbonyl (C=O) groups is 1. The summed E-state index contributed by atoms with van der Waals surface area (Å²) < 4.78 is 60.2. The first-order valence-electron chi connectivity index (χ1n) is 17.6. The minimum atomic E-state index is -0.303. The third-order valence-electron chi connectivity index (χ3n) is 8.89. The van der Waals surface area contributed by atoms with Gasteiger partial charge in [-0.3, -0.25) is 9.79 Å². The van der Waals surface area contributed by atoms with E-state index < -0.39 is 0 Å². The van der Waals surface area contributed by atoms with Gasteiger partial charge in [-0.25, -0.2) is 28.1 Å². The Bertz CT molecular complexity index is 2420. The van der Waals surface area contributed by atoms with Crippen molar-refractivity contribution in [1.82, 2.24) is 24.8 Å². The number of carbonyl (C=O) groups excluding carboxylic acids is 1. The molecular formula is C40H33Br3F3N7O4. The summed E-state index contributed by atoms with van der Waals surface area (Å²) in [6.45, 7) is 2.24. The van der Waals surface area contributed by atoms with Crippen LogP contribution in [-0.4, -0.2) is 64.3 Å². The second-order valence-corrected chi connectivity index (χ2v) is 15.3. The minimum absolute atomic E-state index is 0.0891. The van der Waals surface area contributed by atoms with Crippen LogP contribution in [-0.2, 0) is 25.6 Å². The average molecular weight is 972 g/mol. The number of amides is 1. The number of anilines is 1. The lowest BCUT2D eigenvalue weighted by atomic mass is 10.1. The van der Waals surface area contributed by atoms with Crippen LogP contribution in [0.2, 0.25) is 0 Å². The van der Waals surface area contributed by atoms with Gasteiger partial charge in [0.2, 0.25) is 5.91 Å². The van der Waals surface area contributed by atoms with Gasteiger partial charge >= 0.3 is 0 Å². The fourth-order valence-electron chi connectivity index (χ4n) is 6.32. The molecule has 1 amide bonds. The normalized spacial score (nSPS) is 18.9. The van der Waals surface area contributed by atoms with Gasteiger partial charge in [0.1, 0.15) is 74.3 Å². The number of nitrogens with one attached hydrogen (secondary N) is 2. The van der Waals surface area contributed by atoms with Crippen LogP contribution in [0.15, 0.2) is 116 Å². The van der Waals surface area contributed by atoms with Gasteiger partial charge in [0, 0.05) is 0 Å². The molecule has 0 bridgehead atoms. The molecule has 1 fully saturated rings. The molecule has 6 heterocycles. The van der Waals surface area contributed by atoms with E-state index >= 15 is 0 Å². The SMILES string of the molecule is Fc1cccc(C2COCC(Nc3ccc(Br)nc3Br)=N2)c1.Fc1cccc(C2COCc3nc4ccc(Br)nc4n32)c1.O=C1COCC(c2cccc(F)c2)N1. The van der Waals surface area contributed by atoms with E-state index in [1.165, 1.54) is 36.4 Å². The third kappa shape index (κ3) is 10.5. The Morgan fingerprint density at radius 3 is 2.04 bits per heavy atom. The second-order valence-electron chi connectivity index (χ2n) is 12.9. The van der Waals surface area contributed by atoms with Crippen molar-refractivity contribution in [2.24, 2.45) is 4.99 Å². The van der Waals surface area contributed by atoms with Gasteiger partial charge in [-0.1, -0.05) is 36.4 Å². The molecule has 9 rings (SSSR count). The number of hydrogen-bond donors (Lipinski definition) is 2. The highest BCUT2D eigenvalue weighted by atomic mass is 79.9. The topological polar surface area (TPSA) is 125 Å². The van der Waals surface area contributed by atoms with Gasteiger partial charge < -0.3 is 29.4 Å². The van der Waals surface area contributed by atoms with Crippen LogP contribution in [0.1, 0.15) is 40.6 Å². The molecule has 57 heavy (non-hydrogen) atoms. The summed E-state index contributed by atoms with van der Waals surface area (Å²) in [6, 6.07) is 26.1. The summed E-state index contributed by atoms with van der Waals surface area (Å²) in [5.41, 5.74) is 4.80. The summed E-state index contributed by atoms with van der Waals surface area (Å²) >= 11 is 10.1. The fraction of sp³-hybridized carbons (Fsp3) is 0.225. The molecular weight excluding hydrogens is 939 g/mol. The zero-order valence-corrected chi connectivity index (χ0v) is 34.6. The van der Waals surface area contributed by atoms with E-state index in [1.54, 1.807) is 24.3 Å². The Morgan fingerprint density at radius 2 is 1.32 bits per heavy atom. The largest absolute Gasteiger partial charge is 0.371 e. The van der Waals surface area contributed by atoms with Crippen LogP contribution in [0.4, 0.5) is 18.9 Å². The molecule has 0 radical (unpaired) electrons. The molecule has 294 valence electrons. The number of amidine groups is 1. The molecule has 2 N–H and O–H groups in total. The molecule has 0 aliphatic carbocycles. The predicted octanol–water partition coefficient (Wildman–Crippen LogP) is 8.79. The Morgan fingerprint density at radius 1 is 0.684 bits per heavy atom. The van der Waals surface area contributed by atoms with Crippen LogP contribution in [0.25, 0.3) is 11.2 Å². The zero-order valence-electron chi connectivity index (χ0n) is 29.8. The molecule has 1 saturated heterocycles. The van der Waals surface area contributed by atoms with Crippen molar-refractivity contribution in [3.05, 3.63) is 151 Å². The van der Waals surface area contributed by atoms with Crippen LogP contribution < -0.4 is 10.6 Å². The first-order chi connectivity index (χ1) is 27.6. The van der Waals surface area contributed by atoms with Crippen molar-refractivity contribution in [1.29, 1.82) is 0 Å². The van der Waals surface area contributed by atoms with Gasteiger partial charge in [-0.05, 0) is 125 Å². The number of morpholine rings is 1. The van der Waals surface area contributed by atoms with E-state index in [9.17, 15) is 18.0 Å². The molecule has 3 aliphatic heterocycles. The number of pyridine rings is 2. The minimum Gasteiger partial charge on any atom is -0.371 e. The van der Waals surface area contributed by atoms with Gasteiger partial charge in [-0.2, -0.15) is 0 Å². The Labute approximate surface area is 350 Å². The number of ether oxygens (including phenoxy) is 3. The van der Waals surface area contributed by atoms with Crippen molar-refractivity contribution in [2.45, 2.75) is 24.7 Å². The number of halogens is 6. The number of nitrogens with zero attached hydrogens (tertiary/aromatic N) is 5. The predicted molar refractivity (Wildman–Crippen MR) is 218 cm³/mol. The molecule has 3 unspecified atom stereocenters. The van der Waals surface area contributed by atoms with Crippen molar-refractivity contribution < 1.29 is 32.2 Å². The summed E-state index contributed by atoms with van der Waals surface area (Å²) in [6.07, 6.45) is 0. The molecule has 0 saturated carbocycles. The first kappa shape index (κ1) is 40.7. The number of hydrogen-bond acceptors (Lipinski definition) is 9. The number of benzene rings is 3. The maximum absolute atomic E-state index is 13.5. The monoisotopic (exact) mass is 969 g/mol. The lowest BCUT2D eigenvalue weighted by Gasteiger charge is -2.26. The maximum atomic E-state index is 13.5. The Hall–Kier alpha value is -4.52. The quantitative estimate of drug-likeness (QED) is 0.168.